The SMILES string of the molecule is Cc1cc(OCC(=O)Nc2sccc2C#N)ccc1[N+](=O)[O-]. The van der Waals surface area contributed by atoms with Crippen molar-refractivity contribution in [2.75, 3.05) is 11.9 Å². The molecule has 0 saturated heterocycles. The predicted octanol–water partition coefficient (Wildman–Crippen LogP) is 2.85. The second kappa shape index (κ2) is 6.69. The number of anilines is 1. The topological polar surface area (TPSA) is 105 Å². The summed E-state index contributed by atoms with van der Waals surface area (Å²) in [5.41, 5.74) is 0.839. The first-order chi connectivity index (χ1) is 10.5. The van der Waals surface area contributed by atoms with E-state index in [1.54, 1.807) is 18.4 Å². The second-order valence-electron chi connectivity index (χ2n) is 4.32. The summed E-state index contributed by atoms with van der Waals surface area (Å²) in [6.07, 6.45) is 0. The highest BCUT2D eigenvalue weighted by Gasteiger charge is 2.12. The molecule has 8 heteroatoms. The molecule has 0 aliphatic rings. The Morgan fingerprint density at radius 1 is 1.50 bits per heavy atom. The molecule has 1 amide bonds. The van der Waals surface area contributed by atoms with Crippen LogP contribution in [0.25, 0.3) is 0 Å². The summed E-state index contributed by atoms with van der Waals surface area (Å²) in [4.78, 5) is 22.0. The number of amides is 1. The van der Waals surface area contributed by atoms with Crippen molar-refractivity contribution in [3.8, 4) is 11.8 Å². The maximum absolute atomic E-state index is 11.8. The van der Waals surface area contributed by atoms with Crippen LogP contribution in [-0.2, 0) is 4.79 Å². The Bertz CT molecular complexity index is 764. The normalized spacial score (nSPS) is 9.82. The number of ether oxygens (including phenoxy) is 1. The van der Waals surface area contributed by atoms with Crippen molar-refractivity contribution >= 4 is 27.9 Å². The van der Waals surface area contributed by atoms with E-state index < -0.39 is 10.8 Å². The summed E-state index contributed by atoms with van der Waals surface area (Å²) < 4.78 is 5.29. The van der Waals surface area contributed by atoms with Crippen LogP contribution in [0.2, 0.25) is 0 Å². The van der Waals surface area contributed by atoms with Gasteiger partial charge in [0, 0.05) is 11.6 Å². The molecule has 0 saturated carbocycles. The number of carbonyl (C=O) groups is 1. The van der Waals surface area contributed by atoms with E-state index in [0.29, 0.717) is 21.9 Å². The van der Waals surface area contributed by atoms with Gasteiger partial charge in [-0.3, -0.25) is 14.9 Å². The van der Waals surface area contributed by atoms with E-state index in [1.807, 2.05) is 6.07 Å². The third kappa shape index (κ3) is 3.59. The molecular weight excluding hydrogens is 306 g/mol. The van der Waals surface area contributed by atoms with E-state index in [4.69, 9.17) is 10.00 Å². The molecule has 7 nitrogen and oxygen atoms in total. The maximum Gasteiger partial charge on any atom is 0.272 e. The highest BCUT2D eigenvalue weighted by atomic mass is 32.1. The van der Waals surface area contributed by atoms with E-state index in [-0.39, 0.29) is 12.3 Å². The fourth-order valence-corrected chi connectivity index (χ4v) is 2.48. The number of rotatable bonds is 5. The summed E-state index contributed by atoms with van der Waals surface area (Å²) >= 11 is 1.25. The quantitative estimate of drug-likeness (QED) is 0.674. The van der Waals surface area contributed by atoms with Crippen molar-refractivity contribution in [3.05, 3.63) is 50.9 Å². The zero-order chi connectivity index (χ0) is 16.1. The summed E-state index contributed by atoms with van der Waals surface area (Å²) in [7, 11) is 0. The van der Waals surface area contributed by atoms with Gasteiger partial charge in [0.05, 0.1) is 10.5 Å². The van der Waals surface area contributed by atoms with Crippen LogP contribution in [0.5, 0.6) is 5.75 Å². The van der Waals surface area contributed by atoms with Gasteiger partial charge in [0.2, 0.25) is 0 Å². The lowest BCUT2D eigenvalue weighted by Gasteiger charge is -2.07. The van der Waals surface area contributed by atoms with Gasteiger partial charge < -0.3 is 10.1 Å². The van der Waals surface area contributed by atoms with Gasteiger partial charge in [0.25, 0.3) is 11.6 Å². The number of nitro groups is 1. The van der Waals surface area contributed by atoms with Crippen molar-refractivity contribution in [3.63, 3.8) is 0 Å². The van der Waals surface area contributed by atoms with Crippen molar-refractivity contribution in [1.82, 2.24) is 0 Å². The van der Waals surface area contributed by atoms with Gasteiger partial charge in [-0.2, -0.15) is 5.26 Å². The van der Waals surface area contributed by atoms with E-state index in [1.165, 1.54) is 29.5 Å². The highest BCUT2D eigenvalue weighted by molar-refractivity contribution is 7.14. The van der Waals surface area contributed by atoms with Crippen LogP contribution in [0.4, 0.5) is 10.7 Å². The Kier molecular flexibility index (Phi) is 4.70. The molecule has 2 aromatic rings. The Labute approximate surface area is 129 Å². The third-order valence-electron chi connectivity index (χ3n) is 2.77. The van der Waals surface area contributed by atoms with Gasteiger partial charge in [-0.1, -0.05) is 0 Å². The van der Waals surface area contributed by atoms with Crippen LogP contribution in [0.3, 0.4) is 0 Å². The minimum atomic E-state index is -0.480. The van der Waals surface area contributed by atoms with Crippen molar-refractivity contribution in [2.45, 2.75) is 6.92 Å². The Hall–Kier alpha value is -2.92. The van der Waals surface area contributed by atoms with Gasteiger partial charge in [-0.15, -0.1) is 11.3 Å². The zero-order valence-corrected chi connectivity index (χ0v) is 12.3. The van der Waals surface area contributed by atoms with Crippen LogP contribution in [0.1, 0.15) is 11.1 Å². The van der Waals surface area contributed by atoms with E-state index in [9.17, 15) is 14.9 Å². The smallest absolute Gasteiger partial charge is 0.272 e. The number of nitrogens with zero attached hydrogens (tertiary/aromatic N) is 2. The predicted molar refractivity (Wildman–Crippen MR) is 81.0 cm³/mol. The van der Waals surface area contributed by atoms with E-state index in [2.05, 4.69) is 5.32 Å². The molecule has 1 aromatic carbocycles. The fraction of sp³-hybridized carbons (Fsp3) is 0.143. The van der Waals surface area contributed by atoms with E-state index >= 15 is 0 Å². The van der Waals surface area contributed by atoms with E-state index in [0.717, 1.165) is 0 Å². The molecule has 0 radical (unpaired) electrons. The molecular formula is C14H11N3O4S. The molecule has 0 aliphatic carbocycles. The highest BCUT2D eigenvalue weighted by Crippen LogP contribution is 2.24. The number of hydrogen-bond donors (Lipinski definition) is 1. The van der Waals surface area contributed by atoms with Gasteiger partial charge in [-0.05, 0) is 30.5 Å². The Morgan fingerprint density at radius 2 is 2.27 bits per heavy atom. The van der Waals surface area contributed by atoms with Gasteiger partial charge in [0.1, 0.15) is 16.8 Å². The molecule has 22 heavy (non-hydrogen) atoms. The van der Waals surface area contributed by atoms with Crippen LogP contribution in [-0.4, -0.2) is 17.4 Å². The number of nitrogens with one attached hydrogen (secondary N) is 1. The molecule has 0 aliphatic heterocycles. The van der Waals surface area contributed by atoms with Gasteiger partial charge in [0.15, 0.2) is 6.61 Å². The van der Waals surface area contributed by atoms with Crippen molar-refractivity contribution < 1.29 is 14.5 Å². The lowest BCUT2D eigenvalue weighted by atomic mass is 10.2. The molecule has 0 unspecified atom stereocenters. The largest absolute Gasteiger partial charge is 0.484 e. The minimum Gasteiger partial charge on any atom is -0.484 e. The van der Waals surface area contributed by atoms with Crippen molar-refractivity contribution in [2.24, 2.45) is 0 Å². The number of nitro benzene ring substituents is 1. The van der Waals surface area contributed by atoms with Gasteiger partial charge >= 0.3 is 0 Å². The van der Waals surface area contributed by atoms with Crippen LogP contribution >= 0.6 is 11.3 Å². The first kappa shape index (κ1) is 15.5. The molecule has 1 N–H and O–H groups in total. The number of thiophene rings is 1. The zero-order valence-electron chi connectivity index (χ0n) is 11.5. The Balaban J connectivity index is 1.96. The molecule has 0 atom stereocenters. The molecule has 0 bridgehead atoms. The van der Waals surface area contributed by atoms with Crippen molar-refractivity contribution in [1.29, 1.82) is 5.26 Å². The molecule has 0 fully saturated rings. The molecule has 2 rings (SSSR count). The molecule has 1 heterocycles. The molecule has 112 valence electrons. The maximum atomic E-state index is 11.8. The standard InChI is InChI=1S/C14H11N3O4S/c1-9-6-11(2-3-12(9)17(19)20)21-8-13(18)16-14-10(7-15)4-5-22-14/h2-6H,8H2,1H3,(H,16,18). The lowest BCUT2D eigenvalue weighted by Crippen LogP contribution is -2.20. The number of hydrogen-bond acceptors (Lipinski definition) is 6. The Morgan fingerprint density at radius 3 is 2.91 bits per heavy atom. The first-order valence-electron chi connectivity index (χ1n) is 6.16. The van der Waals surface area contributed by atoms with Crippen LogP contribution in [0, 0.1) is 28.4 Å². The van der Waals surface area contributed by atoms with Crippen LogP contribution in [0.15, 0.2) is 29.6 Å². The third-order valence-corrected chi connectivity index (χ3v) is 3.60. The first-order valence-corrected chi connectivity index (χ1v) is 7.04. The molecule has 1 aromatic heterocycles. The summed E-state index contributed by atoms with van der Waals surface area (Å²) in [5.74, 6) is -0.0418. The number of carbonyl (C=O) groups excluding carboxylic acids is 1. The number of benzene rings is 1. The van der Waals surface area contributed by atoms with Gasteiger partial charge in [-0.25, -0.2) is 0 Å². The second-order valence-corrected chi connectivity index (χ2v) is 5.23. The minimum absolute atomic E-state index is 0.00551. The number of nitriles is 1. The average molecular weight is 317 g/mol. The fourth-order valence-electron chi connectivity index (χ4n) is 1.73. The summed E-state index contributed by atoms with van der Waals surface area (Å²) in [5, 5.41) is 24.3. The molecule has 0 spiro atoms. The monoisotopic (exact) mass is 317 g/mol. The van der Waals surface area contributed by atoms with Crippen LogP contribution < -0.4 is 10.1 Å². The summed E-state index contributed by atoms with van der Waals surface area (Å²) in [6.45, 7) is 1.34. The lowest BCUT2D eigenvalue weighted by molar-refractivity contribution is -0.385. The average Bonchev–Trinajstić information content (AvgIpc) is 2.92. The number of aryl methyl sites for hydroxylation is 1. The summed E-state index contributed by atoms with van der Waals surface area (Å²) in [6, 6.07) is 7.84.